The SMILES string of the molecule is CC1(C(OC(=O)CCl)C(Cc2cccc3ccccc23)n2cncn2)COCOC1. The summed E-state index contributed by atoms with van der Waals surface area (Å²) in [6.45, 7) is 3.01. The van der Waals surface area contributed by atoms with Crippen molar-refractivity contribution in [3.8, 4) is 0 Å². The number of aromatic nitrogens is 3. The number of carbonyl (C=O) groups is 1. The maximum absolute atomic E-state index is 12.3. The number of rotatable bonds is 7. The quantitative estimate of drug-likeness (QED) is 0.423. The number of alkyl halides is 1. The zero-order valence-electron chi connectivity index (χ0n) is 16.7. The molecule has 8 heteroatoms. The molecule has 1 aliphatic heterocycles. The van der Waals surface area contributed by atoms with Gasteiger partial charge in [-0.15, -0.1) is 11.6 Å². The third kappa shape index (κ3) is 4.33. The van der Waals surface area contributed by atoms with E-state index in [0.29, 0.717) is 19.6 Å². The highest BCUT2D eigenvalue weighted by molar-refractivity contribution is 6.26. The van der Waals surface area contributed by atoms with Crippen molar-refractivity contribution >= 4 is 28.3 Å². The first-order valence-electron chi connectivity index (χ1n) is 9.82. The van der Waals surface area contributed by atoms with E-state index in [-0.39, 0.29) is 18.7 Å². The van der Waals surface area contributed by atoms with Crippen LogP contribution in [0.5, 0.6) is 0 Å². The second-order valence-electron chi connectivity index (χ2n) is 7.80. The second kappa shape index (κ2) is 9.12. The Labute approximate surface area is 179 Å². The van der Waals surface area contributed by atoms with E-state index in [9.17, 15) is 4.79 Å². The molecule has 2 aromatic carbocycles. The molecule has 0 radical (unpaired) electrons. The van der Waals surface area contributed by atoms with Gasteiger partial charge in [0, 0.05) is 0 Å². The molecule has 2 atom stereocenters. The van der Waals surface area contributed by atoms with Crippen molar-refractivity contribution in [2.45, 2.75) is 25.5 Å². The summed E-state index contributed by atoms with van der Waals surface area (Å²) in [7, 11) is 0. The molecule has 0 spiro atoms. The number of halogens is 1. The lowest BCUT2D eigenvalue weighted by atomic mass is 9.79. The number of hydrogen-bond acceptors (Lipinski definition) is 6. The van der Waals surface area contributed by atoms with Crippen molar-refractivity contribution < 1.29 is 19.0 Å². The first-order chi connectivity index (χ1) is 14.6. The first-order valence-corrected chi connectivity index (χ1v) is 10.4. The number of nitrogens with zero attached hydrogens (tertiary/aromatic N) is 3. The fraction of sp³-hybridized carbons (Fsp3) is 0.409. The van der Waals surface area contributed by atoms with Crippen LogP contribution in [0.15, 0.2) is 55.1 Å². The topological polar surface area (TPSA) is 75.5 Å². The van der Waals surface area contributed by atoms with Gasteiger partial charge in [-0.2, -0.15) is 5.10 Å². The van der Waals surface area contributed by atoms with Crippen LogP contribution in [-0.4, -0.2) is 52.7 Å². The van der Waals surface area contributed by atoms with Gasteiger partial charge in [-0.25, -0.2) is 9.67 Å². The van der Waals surface area contributed by atoms with Crippen molar-refractivity contribution in [1.82, 2.24) is 14.8 Å². The van der Waals surface area contributed by atoms with Gasteiger partial charge in [0.05, 0.1) is 24.7 Å². The standard InChI is InChI=1S/C22H24ClN3O4/c1-22(11-28-15-29-12-22)21(30-20(27)10-23)19(26-14-24-13-25-26)9-17-7-4-6-16-5-2-3-8-18(16)17/h2-8,13-14,19,21H,9-12,15H2,1H3. The minimum Gasteiger partial charge on any atom is -0.458 e. The minimum atomic E-state index is -0.579. The highest BCUT2D eigenvalue weighted by Crippen LogP contribution is 2.37. The molecule has 4 rings (SSSR count). The molecule has 7 nitrogen and oxygen atoms in total. The van der Waals surface area contributed by atoms with Gasteiger partial charge in [0.1, 0.15) is 31.4 Å². The largest absolute Gasteiger partial charge is 0.458 e. The number of carbonyl (C=O) groups excluding carboxylic acids is 1. The average molecular weight is 430 g/mol. The van der Waals surface area contributed by atoms with Gasteiger partial charge in [-0.05, 0) is 22.8 Å². The third-order valence-electron chi connectivity index (χ3n) is 5.52. The Morgan fingerprint density at radius 2 is 2.00 bits per heavy atom. The highest BCUT2D eigenvalue weighted by Gasteiger charge is 2.45. The van der Waals surface area contributed by atoms with E-state index in [1.54, 1.807) is 11.0 Å². The Morgan fingerprint density at radius 3 is 2.73 bits per heavy atom. The van der Waals surface area contributed by atoms with Crippen molar-refractivity contribution in [3.63, 3.8) is 0 Å². The molecule has 1 saturated heterocycles. The molecule has 2 unspecified atom stereocenters. The molecule has 2 heterocycles. The molecule has 158 valence electrons. The molecule has 3 aromatic rings. The number of fused-ring (bicyclic) bond motifs is 1. The van der Waals surface area contributed by atoms with Crippen molar-refractivity contribution in [2.75, 3.05) is 25.9 Å². The van der Waals surface area contributed by atoms with Crippen LogP contribution in [0.25, 0.3) is 10.8 Å². The van der Waals surface area contributed by atoms with Gasteiger partial charge >= 0.3 is 5.97 Å². The van der Waals surface area contributed by atoms with Gasteiger partial charge in [-0.3, -0.25) is 4.79 Å². The molecule has 0 N–H and O–H groups in total. The van der Waals surface area contributed by atoms with Gasteiger partial charge in [0.25, 0.3) is 0 Å². The summed E-state index contributed by atoms with van der Waals surface area (Å²) in [5.74, 6) is -0.719. The fourth-order valence-electron chi connectivity index (χ4n) is 4.10. The van der Waals surface area contributed by atoms with Crippen LogP contribution in [0.1, 0.15) is 18.5 Å². The Balaban J connectivity index is 1.76. The van der Waals surface area contributed by atoms with E-state index in [1.165, 1.54) is 6.33 Å². The summed E-state index contributed by atoms with van der Waals surface area (Å²) in [4.78, 5) is 16.4. The van der Waals surface area contributed by atoms with Crippen molar-refractivity contribution in [3.05, 3.63) is 60.7 Å². The predicted octanol–water partition coefficient (Wildman–Crippen LogP) is 3.38. The van der Waals surface area contributed by atoms with Crippen LogP contribution >= 0.6 is 11.6 Å². The lowest BCUT2D eigenvalue weighted by Gasteiger charge is -2.42. The second-order valence-corrected chi connectivity index (χ2v) is 8.07. The van der Waals surface area contributed by atoms with E-state index in [2.05, 4.69) is 34.3 Å². The summed E-state index contributed by atoms with van der Waals surface area (Å²) in [5, 5.41) is 6.67. The molecule has 0 amide bonds. The fourth-order valence-corrected chi connectivity index (χ4v) is 4.16. The Bertz CT molecular complexity index is 984. The number of esters is 1. The normalized spacial score (nSPS) is 18.1. The summed E-state index contributed by atoms with van der Waals surface area (Å²) in [5.41, 5.74) is 0.558. The lowest BCUT2D eigenvalue weighted by molar-refractivity contribution is -0.207. The van der Waals surface area contributed by atoms with E-state index in [4.69, 9.17) is 25.8 Å². The van der Waals surface area contributed by atoms with Crippen LogP contribution in [0, 0.1) is 5.41 Å². The smallest absolute Gasteiger partial charge is 0.321 e. The Hall–Kier alpha value is -2.48. The first kappa shape index (κ1) is 20.8. The van der Waals surface area contributed by atoms with Gasteiger partial charge < -0.3 is 14.2 Å². The lowest BCUT2D eigenvalue weighted by Crippen LogP contribution is -2.51. The van der Waals surface area contributed by atoms with Gasteiger partial charge in [0.15, 0.2) is 0 Å². The molecule has 1 aromatic heterocycles. The van der Waals surface area contributed by atoms with Crippen molar-refractivity contribution in [2.24, 2.45) is 5.41 Å². The van der Waals surface area contributed by atoms with E-state index in [1.807, 2.05) is 25.1 Å². The minimum absolute atomic E-state index is 0.225. The molecule has 30 heavy (non-hydrogen) atoms. The summed E-state index contributed by atoms with van der Waals surface area (Å²) in [6.07, 6.45) is 3.13. The van der Waals surface area contributed by atoms with E-state index in [0.717, 1.165) is 16.3 Å². The Kier molecular flexibility index (Phi) is 6.32. The maximum atomic E-state index is 12.3. The predicted molar refractivity (Wildman–Crippen MR) is 112 cm³/mol. The molecule has 0 aliphatic carbocycles. The third-order valence-corrected chi connectivity index (χ3v) is 5.74. The number of hydrogen-bond donors (Lipinski definition) is 0. The average Bonchev–Trinajstić information content (AvgIpc) is 3.31. The summed E-state index contributed by atoms with van der Waals surface area (Å²) in [6, 6.07) is 14.1. The molecule has 0 bridgehead atoms. The monoisotopic (exact) mass is 429 g/mol. The van der Waals surface area contributed by atoms with E-state index >= 15 is 0 Å². The molecular formula is C22H24ClN3O4. The van der Waals surface area contributed by atoms with Crippen molar-refractivity contribution in [1.29, 1.82) is 0 Å². The van der Waals surface area contributed by atoms with E-state index < -0.39 is 17.5 Å². The van der Waals surface area contributed by atoms with Crippen LogP contribution in [0.4, 0.5) is 0 Å². The van der Waals surface area contributed by atoms with Crippen LogP contribution < -0.4 is 0 Å². The van der Waals surface area contributed by atoms with Gasteiger partial charge in [0.2, 0.25) is 0 Å². The molecular weight excluding hydrogens is 406 g/mol. The highest BCUT2D eigenvalue weighted by atomic mass is 35.5. The molecule has 0 saturated carbocycles. The zero-order chi connectivity index (χ0) is 21.0. The zero-order valence-corrected chi connectivity index (χ0v) is 17.5. The van der Waals surface area contributed by atoms with Crippen LogP contribution in [0.3, 0.4) is 0 Å². The summed E-state index contributed by atoms with van der Waals surface area (Å²) >= 11 is 5.78. The molecule has 1 aliphatic rings. The molecule has 1 fully saturated rings. The van der Waals surface area contributed by atoms with Crippen LogP contribution in [-0.2, 0) is 25.4 Å². The summed E-state index contributed by atoms with van der Waals surface area (Å²) < 4.78 is 18.8. The van der Waals surface area contributed by atoms with Gasteiger partial charge in [-0.1, -0.05) is 49.4 Å². The Morgan fingerprint density at radius 1 is 1.23 bits per heavy atom. The number of ether oxygens (including phenoxy) is 3. The van der Waals surface area contributed by atoms with Crippen LogP contribution in [0.2, 0.25) is 0 Å². The maximum Gasteiger partial charge on any atom is 0.321 e. The number of benzene rings is 2.